The summed E-state index contributed by atoms with van der Waals surface area (Å²) >= 11 is 0. The summed E-state index contributed by atoms with van der Waals surface area (Å²) in [5.74, 6) is 0. The summed E-state index contributed by atoms with van der Waals surface area (Å²) in [6.07, 6.45) is 8.47. The maximum atomic E-state index is 12.5. The van der Waals surface area contributed by atoms with Gasteiger partial charge in [-0.25, -0.2) is 24.1 Å². The monoisotopic (exact) mass is 496 g/mol. The van der Waals surface area contributed by atoms with Gasteiger partial charge in [-0.05, 0) is 25.7 Å². The molecule has 0 fully saturated rings. The predicted octanol–water partition coefficient (Wildman–Crippen LogP) is 4.22. The summed E-state index contributed by atoms with van der Waals surface area (Å²) in [4.78, 5) is 48.2. The molecule has 5 amide bonds. The maximum absolute atomic E-state index is 12.5. The molecule has 198 valence electrons. The molecule has 0 heterocycles. The quantitative estimate of drug-likeness (QED) is 0.105. The van der Waals surface area contributed by atoms with Crippen molar-refractivity contribution >= 4 is 24.3 Å². The van der Waals surface area contributed by atoms with E-state index in [-0.39, 0.29) is 19.8 Å². The van der Waals surface area contributed by atoms with Gasteiger partial charge in [0.1, 0.15) is 13.2 Å². The van der Waals surface area contributed by atoms with Crippen LogP contribution in [0, 0.1) is 0 Å². The number of nitrogens with zero attached hydrogens (tertiary/aromatic N) is 1. The molecule has 3 N–H and O–H groups in total. The molecule has 0 radical (unpaired) electrons. The molecule has 0 unspecified atom stereocenters. The van der Waals surface area contributed by atoms with Crippen LogP contribution in [0.25, 0.3) is 0 Å². The van der Waals surface area contributed by atoms with E-state index in [0.29, 0.717) is 26.1 Å². The Morgan fingerprint density at radius 1 is 0.657 bits per heavy atom. The van der Waals surface area contributed by atoms with Gasteiger partial charge in [0.25, 0.3) is 0 Å². The van der Waals surface area contributed by atoms with E-state index in [9.17, 15) is 19.2 Å². The van der Waals surface area contributed by atoms with Crippen molar-refractivity contribution in [2.75, 3.05) is 39.4 Å². The molecule has 0 rings (SSSR count). The average molecular weight is 497 g/mol. The van der Waals surface area contributed by atoms with Gasteiger partial charge in [-0.15, -0.1) is 0 Å². The standard InChI is InChI=1S/C24H40N4O7/c1-4-19-34-23(31)27-17-12-8-7-11-15-25-21(29)28(24(32)35-20-5-2)18-14-10-9-13-16-26-22(30)33-6-3/h4-6H,1-3,7-20H2,(H,25,29)(H,26,30)(H,27,31). The summed E-state index contributed by atoms with van der Waals surface area (Å²) in [5.41, 5.74) is 0. The van der Waals surface area contributed by atoms with Crippen LogP contribution >= 0.6 is 0 Å². The predicted molar refractivity (Wildman–Crippen MR) is 133 cm³/mol. The van der Waals surface area contributed by atoms with Crippen LogP contribution in [0.2, 0.25) is 0 Å². The Bertz CT molecular complexity index is 670. The number of amides is 5. The third kappa shape index (κ3) is 18.6. The van der Waals surface area contributed by atoms with Gasteiger partial charge < -0.3 is 30.2 Å². The molecule has 0 spiro atoms. The second kappa shape index (κ2) is 22.3. The first-order valence-electron chi connectivity index (χ1n) is 11.9. The number of ether oxygens (including phenoxy) is 3. The number of urea groups is 1. The minimum absolute atomic E-state index is 0.0181. The van der Waals surface area contributed by atoms with Gasteiger partial charge in [0, 0.05) is 26.2 Å². The summed E-state index contributed by atoms with van der Waals surface area (Å²) in [6, 6.07) is -0.500. The van der Waals surface area contributed by atoms with Gasteiger partial charge in [-0.2, -0.15) is 0 Å². The third-order valence-electron chi connectivity index (χ3n) is 4.54. The van der Waals surface area contributed by atoms with Crippen LogP contribution in [0.15, 0.2) is 38.2 Å². The molecule has 11 heteroatoms. The molecule has 0 bridgehead atoms. The Morgan fingerprint density at radius 3 is 1.74 bits per heavy atom. The fourth-order valence-corrected chi connectivity index (χ4v) is 2.81. The molecule has 11 nitrogen and oxygen atoms in total. The summed E-state index contributed by atoms with van der Waals surface area (Å²) in [6.45, 7) is 12.1. The van der Waals surface area contributed by atoms with Crippen molar-refractivity contribution in [3.05, 3.63) is 38.2 Å². The number of carbonyl (C=O) groups excluding carboxylic acids is 4. The zero-order valence-corrected chi connectivity index (χ0v) is 20.6. The number of carbonyl (C=O) groups is 4. The number of hydrogen-bond acceptors (Lipinski definition) is 7. The van der Waals surface area contributed by atoms with Crippen LogP contribution in [0.4, 0.5) is 19.2 Å². The van der Waals surface area contributed by atoms with Crippen LogP contribution in [-0.4, -0.2) is 68.6 Å². The first kappa shape index (κ1) is 31.5. The summed E-state index contributed by atoms with van der Waals surface area (Å²) < 4.78 is 14.4. The number of hydrogen-bond donors (Lipinski definition) is 3. The van der Waals surface area contributed by atoms with Gasteiger partial charge in [0.2, 0.25) is 0 Å². The molecule has 0 saturated heterocycles. The van der Waals surface area contributed by atoms with E-state index in [1.807, 2.05) is 0 Å². The van der Waals surface area contributed by atoms with E-state index >= 15 is 0 Å². The number of unbranched alkanes of at least 4 members (excludes halogenated alkanes) is 6. The molecule has 0 aliphatic rings. The third-order valence-corrected chi connectivity index (χ3v) is 4.54. The number of imide groups is 1. The highest BCUT2D eigenvalue weighted by molar-refractivity contribution is 5.90. The summed E-state index contributed by atoms with van der Waals surface area (Å²) in [7, 11) is 0. The second-order valence-corrected chi connectivity index (χ2v) is 7.39. The first-order valence-corrected chi connectivity index (χ1v) is 11.9. The van der Waals surface area contributed by atoms with Gasteiger partial charge in [0.05, 0.1) is 6.26 Å². The molecule has 35 heavy (non-hydrogen) atoms. The molecular formula is C24H40N4O7. The Kier molecular flexibility index (Phi) is 20.1. The van der Waals surface area contributed by atoms with Gasteiger partial charge in [-0.3, -0.25) is 0 Å². The molecular weight excluding hydrogens is 456 g/mol. The van der Waals surface area contributed by atoms with Crippen molar-refractivity contribution in [2.45, 2.75) is 51.4 Å². The minimum atomic E-state index is -0.717. The zero-order chi connectivity index (χ0) is 26.2. The van der Waals surface area contributed by atoms with Crippen LogP contribution in [0.1, 0.15) is 51.4 Å². The van der Waals surface area contributed by atoms with E-state index < -0.39 is 24.3 Å². The van der Waals surface area contributed by atoms with Gasteiger partial charge >= 0.3 is 24.3 Å². The Morgan fingerprint density at radius 2 is 1.17 bits per heavy atom. The van der Waals surface area contributed by atoms with Gasteiger partial charge in [0.15, 0.2) is 0 Å². The average Bonchev–Trinajstić information content (AvgIpc) is 2.84. The fourth-order valence-electron chi connectivity index (χ4n) is 2.81. The van der Waals surface area contributed by atoms with Crippen LogP contribution in [0.5, 0.6) is 0 Å². The van der Waals surface area contributed by atoms with Crippen LogP contribution in [-0.2, 0) is 14.2 Å². The lowest BCUT2D eigenvalue weighted by Crippen LogP contribution is -2.45. The highest BCUT2D eigenvalue weighted by Crippen LogP contribution is 2.05. The lowest BCUT2D eigenvalue weighted by molar-refractivity contribution is 0.118. The lowest BCUT2D eigenvalue weighted by atomic mass is 10.2. The van der Waals surface area contributed by atoms with Crippen molar-refractivity contribution in [2.24, 2.45) is 0 Å². The molecule has 0 aliphatic carbocycles. The van der Waals surface area contributed by atoms with E-state index in [1.54, 1.807) is 0 Å². The number of nitrogens with one attached hydrogen (secondary N) is 3. The van der Waals surface area contributed by atoms with E-state index in [1.165, 1.54) is 12.2 Å². The van der Waals surface area contributed by atoms with E-state index in [0.717, 1.165) is 56.1 Å². The Labute approximate surface area is 207 Å². The first-order chi connectivity index (χ1) is 17.0. The molecule has 0 aromatic carbocycles. The highest BCUT2D eigenvalue weighted by atomic mass is 16.6. The maximum Gasteiger partial charge on any atom is 0.418 e. The largest absolute Gasteiger partial charge is 0.445 e. The molecule has 0 atom stereocenters. The topological polar surface area (TPSA) is 135 Å². The SMILES string of the molecule is C=CCOC(=O)NCCCCCCNC(=O)N(CCCCCCNC(=O)OC=C)C(=O)OCC=C. The van der Waals surface area contributed by atoms with E-state index in [4.69, 9.17) is 9.47 Å². The van der Waals surface area contributed by atoms with Crippen molar-refractivity contribution in [3.8, 4) is 0 Å². The fraction of sp³-hybridized carbons (Fsp3) is 0.583. The number of rotatable bonds is 19. The molecule has 0 aromatic heterocycles. The molecule has 0 aromatic rings. The van der Waals surface area contributed by atoms with Crippen molar-refractivity contribution in [1.82, 2.24) is 20.9 Å². The molecule has 0 aliphatic heterocycles. The smallest absolute Gasteiger partial charge is 0.418 e. The highest BCUT2D eigenvalue weighted by Gasteiger charge is 2.21. The number of alkyl carbamates (subject to hydrolysis) is 2. The normalized spacial score (nSPS) is 9.83. The van der Waals surface area contributed by atoms with Crippen molar-refractivity contribution in [1.29, 1.82) is 0 Å². The van der Waals surface area contributed by atoms with Crippen molar-refractivity contribution in [3.63, 3.8) is 0 Å². The van der Waals surface area contributed by atoms with E-state index in [2.05, 4.69) is 40.4 Å². The Balaban J connectivity index is 4.12. The van der Waals surface area contributed by atoms with Crippen molar-refractivity contribution < 1.29 is 33.4 Å². The zero-order valence-electron chi connectivity index (χ0n) is 20.6. The summed E-state index contributed by atoms with van der Waals surface area (Å²) in [5, 5.41) is 7.98. The minimum Gasteiger partial charge on any atom is -0.445 e. The van der Waals surface area contributed by atoms with Gasteiger partial charge in [-0.1, -0.05) is 57.6 Å². The Hall–Kier alpha value is -3.50. The van der Waals surface area contributed by atoms with Crippen LogP contribution < -0.4 is 16.0 Å². The lowest BCUT2D eigenvalue weighted by Gasteiger charge is -2.20. The second-order valence-electron chi connectivity index (χ2n) is 7.39. The van der Waals surface area contributed by atoms with Crippen LogP contribution in [0.3, 0.4) is 0 Å². The molecule has 0 saturated carbocycles.